The van der Waals surface area contributed by atoms with Gasteiger partial charge < -0.3 is 10.1 Å². The Hall–Kier alpha value is -1.84. The van der Waals surface area contributed by atoms with E-state index < -0.39 is 12.0 Å². The predicted molar refractivity (Wildman–Crippen MR) is 53.4 cm³/mol. The topological polar surface area (TPSA) is 55.4 Å². The summed E-state index contributed by atoms with van der Waals surface area (Å²) in [4.78, 5) is 22.9. The van der Waals surface area contributed by atoms with Crippen LogP contribution >= 0.6 is 0 Å². The Labute approximate surface area is 87.2 Å². The molecule has 1 atom stereocenters. The van der Waals surface area contributed by atoms with Gasteiger partial charge in [0.15, 0.2) is 0 Å². The van der Waals surface area contributed by atoms with Gasteiger partial charge in [0.2, 0.25) is 0 Å². The predicted octanol–water partition coefficient (Wildman–Crippen LogP) is 0.514. The van der Waals surface area contributed by atoms with Gasteiger partial charge in [-0.3, -0.25) is 4.79 Å². The molecule has 1 aromatic rings. The van der Waals surface area contributed by atoms with E-state index in [1.54, 1.807) is 12.1 Å². The van der Waals surface area contributed by atoms with Gasteiger partial charge in [0.05, 0.1) is 7.11 Å². The highest BCUT2D eigenvalue weighted by atomic mass is 16.5. The van der Waals surface area contributed by atoms with Crippen molar-refractivity contribution in [3.8, 4) is 0 Å². The van der Waals surface area contributed by atoms with Crippen molar-refractivity contribution in [2.75, 3.05) is 7.11 Å². The first-order chi connectivity index (χ1) is 7.22. The van der Waals surface area contributed by atoms with E-state index >= 15 is 0 Å². The van der Waals surface area contributed by atoms with Crippen molar-refractivity contribution < 1.29 is 14.3 Å². The molecule has 2 rings (SSSR count). The summed E-state index contributed by atoms with van der Waals surface area (Å²) in [7, 11) is 1.31. The summed E-state index contributed by atoms with van der Waals surface area (Å²) in [5.41, 5.74) is 1.52. The molecule has 0 aromatic heterocycles. The van der Waals surface area contributed by atoms with Gasteiger partial charge in [0.1, 0.15) is 6.04 Å². The highest BCUT2D eigenvalue weighted by molar-refractivity contribution is 5.99. The number of ether oxygens (including phenoxy) is 1. The maximum Gasteiger partial charge on any atom is 0.328 e. The molecule has 1 aliphatic rings. The van der Waals surface area contributed by atoms with Crippen LogP contribution in [0.2, 0.25) is 0 Å². The summed E-state index contributed by atoms with van der Waals surface area (Å²) >= 11 is 0. The number of fused-ring (bicyclic) bond motifs is 1. The van der Waals surface area contributed by atoms with Crippen LogP contribution in [0.25, 0.3) is 0 Å². The highest BCUT2D eigenvalue weighted by Gasteiger charge is 2.28. The number of amides is 1. The van der Waals surface area contributed by atoms with Gasteiger partial charge in [-0.15, -0.1) is 0 Å². The lowest BCUT2D eigenvalue weighted by molar-refractivity contribution is -0.142. The third-order valence-electron chi connectivity index (χ3n) is 2.48. The largest absolute Gasteiger partial charge is 0.467 e. The number of hydrogen-bond donors (Lipinski definition) is 1. The molecule has 0 unspecified atom stereocenters. The average Bonchev–Trinajstić information content (AvgIpc) is 2.28. The monoisotopic (exact) mass is 205 g/mol. The van der Waals surface area contributed by atoms with Crippen LogP contribution in [-0.4, -0.2) is 25.0 Å². The molecule has 0 fully saturated rings. The Morgan fingerprint density at radius 1 is 1.47 bits per heavy atom. The fourth-order valence-corrected chi connectivity index (χ4v) is 1.71. The molecule has 1 aromatic carbocycles. The minimum atomic E-state index is -0.558. The number of hydrogen-bond acceptors (Lipinski definition) is 3. The van der Waals surface area contributed by atoms with E-state index in [9.17, 15) is 9.59 Å². The van der Waals surface area contributed by atoms with Crippen LogP contribution < -0.4 is 5.32 Å². The van der Waals surface area contributed by atoms with Crippen molar-refractivity contribution in [3.63, 3.8) is 0 Å². The zero-order chi connectivity index (χ0) is 10.8. The molecule has 78 valence electrons. The SMILES string of the molecule is COC(=O)[C@@H]1Cc2ccccc2C(=O)N1. The lowest BCUT2D eigenvalue weighted by Crippen LogP contribution is -2.46. The smallest absolute Gasteiger partial charge is 0.328 e. The third kappa shape index (κ3) is 1.70. The molecule has 0 radical (unpaired) electrons. The molecular formula is C11H11NO3. The van der Waals surface area contributed by atoms with Gasteiger partial charge in [-0.05, 0) is 11.6 Å². The number of nitrogens with one attached hydrogen (secondary N) is 1. The fourth-order valence-electron chi connectivity index (χ4n) is 1.71. The lowest BCUT2D eigenvalue weighted by atomic mass is 9.95. The van der Waals surface area contributed by atoms with Gasteiger partial charge in [-0.25, -0.2) is 4.79 Å². The molecule has 1 aliphatic heterocycles. The Morgan fingerprint density at radius 3 is 2.93 bits per heavy atom. The molecule has 1 heterocycles. The van der Waals surface area contributed by atoms with E-state index in [1.165, 1.54) is 7.11 Å². The van der Waals surface area contributed by atoms with Crippen LogP contribution in [-0.2, 0) is 16.0 Å². The summed E-state index contributed by atoms with van der Waals surface area (Å²) in [5, 5.41) is 2.61. The van der Waals surface area contributed by atoms with E-state index in [2.05, 4.69) is 10.1 Å². The molecule has 4 heteroatoms. The van der Waals surface area contributed by atoms with Crippen molar-refractivity contribution in [3.05, 3.63) is 35.4 Å². The first-order valence-corrected chi connectivity index (χ1v) is 4.69. The van der Waals surface area contributed by atoms with Crippen LogP contribution in [0.4, 0.5) is 0 Å². The van der Waals surface area contributed by atoms with Crippen LogP contribution in [0.1, 0.15) is 15.9 Å². The molecule has 0 saturated heterocycles. The minimum Gasteiger partial charge on any atom is -0.467 e. The maximum atomic E-state index is 11.6. The maximum absolute atomic E-state index is 11.6. The number of esters is 1. The second-order valence-corrected chi connectivity index (χ2v) is 3.41. The third-order valence-corrected chi connectivity index (χ3v) is 2.48. The Balaban J connectivity index is 2.30. The van der Waals surface area contributed by atoms with Crippen molar-refractivity contribution in [1.82, 2.24) is 5.32 Å². The standard InChI is InChI=1S/C11H11NO3/c1-15-11(14)9-6-7-4-2-3-5-8(7)10(13)12-9/h2-5,9H,6H2,1H3,(H,12,13)/t9-/m0/s1. The van der Waals surface area contributed by atoms with Crippen molar-refractivity contribution >= 4 is 11.9 Å². The van der Waals surface area contributed by atoms with Gasteiger partial charge in [0, 0.05) is 12.0 Å². The number of methoxy groups -OCH3 is 1. The average molecular weight is 205 g/mol. The summed E-state index contributed by atoms with van der Waals surface area (Å²) in [5.74, 6) is -0.620. The van der Waals surface area contributed by atoms with E-state index in [-0.39, 0.29) is 5.91 Å². The van der Waals surface area contributed by atoms with Crippen LogP contribution in [0.15, 0.2) is 24.3 Å². The number of carbonyl (C=O) groups is 2. The summed E-state index contributed by atoms with van der Waals surface area (Å²) in [6.45, 7) is 0. The van der Waals surface area contributed by atoms with Gasteiger partial charge >= 0.3 is 5.97 Å². The summed E-state index contributed by atoms with van der Waals surface area (Å²) in [6, 6.07) is 6.70. The molecule has 0 aliphatic carbocycles. The molecule has 1 amide bonds. The molecule has 0 saturated carbocycles. The number of carbonyl (C=O) groups excluding carboxylic acids is 2. The van der Waals surface area contributed by atoms with Crippen molar-refractivity contribution in [2.45, 2.75) is 12.5 Å². The Bertz CT molecular complexity index is 414. The van der Waals surface area contributed by atoms with Crippen LogP contribution in [0.3, 0.4) is 0 Å². The van der Waals surface area contributed by atoms with Gasteiger partial charge in [0.25, 0.3) is 5.91 Å². The van der Waals surface area contributed by atoms with Crippen LogP contribution in [0, 0.1) is 0 Å². The van der Waals surface area contributed by atoms with Gasteiger partial charge in [-0.1, -0.05) is 18.2 Å². The fraction of sp³-hybridized carbons (Fsp3) is 0.273. The molecule has 15 heavy (non-hydrogen) atoms. The summed E-state index contributed by atoms with van der Waals surface area (Å²) in [6.07, 6.45) is 0.495. The second-order valence-electron chi connectivity index (χ2n) is 3.41. The molecular weight excluding hydrogens is 194 g/mol. The Morgan fingerprint density at radius 2 is 2.20 bits per heavy atom. The van der Waals surface area contributed by atoms with Crippen molar-refractivity contribution in [2.24, 2.45) is 0 Å². The number of rotatable bonds is 1. The van der Waals surface area contributed by atoms with E-state index in [0.717, 1.165) is 5.56 Å². The molecule has 1 N–H and O–H groups in total. The molecule has 4 nitrogen and oxygen atoms in total. The lowest BCUT2D eigenvalue weighted by Gasteiger charge is -2.23. The zero-order valence-electron chi connectivity index (χ0n) is 8.32. The quantitative estimate of drug-likeness (QED) is 0.680. The van der Waals surface area contributed by atoms with E-state index in [4.69, 9.17) is 0 Å². The highest BCUT2D eigenvalue weighted by Crippen LogP contribution is 2.16. The zero-order valence-corrected chi connectivity index (χ0v) is 8.32. The molecule has 0 bridgehead atoms. The van der Waals surface area contributed by atoms with Crippen LogP contribution in [0.5, 0.6) is 0 Å². The molecule has 0 spiro atoms. The van der Waals surface area contributed by atoms with E-state index in [1.807, 2.05) is 12.1 Å². The minimum absolute atomic E-state index is 0.216. The van der Waals surface area contributed by atoms with E-state index in [0.29, 0.717) is 12.0 Å². The van der Waals surface area contributed by atoms with Crippen molar-refractivity contribution in [1.29, 1.82) is 0 Å². The first kappa shape index (κ1) is 9.71. The Kier molecular flexibility index (Phi) is 2.41. The summed E-state index contributed by atoms with van der Waals surface area (Å²) < 4.78 is 4.60. The number of benzene rings is 1. The second kappa shape index (κ2) is 3.73. The normalized spacial score (nSPS) is 19.0. The first-order valence-electron chi connectivity index (χ1n) is 4.69. The van der Waals surface area contributed by atoms with Gasteiger partial charge in [-0.2, -0.15) is 0 Å².